The number of benzene rings is 2. The summed E-state index contributed by atoms with van der Waals surface area (Å²) in [5.74, 6) is -0.0114. The normalized spacial score (nSPS) is 11.8. The first kappa shape index (κ1) is 16.3. The molecule has 0 aliphatic heterocycles. The Labute approximate surface area is 147 Å². The fraction of sp³-hybridized carbons (Fsp3) is 0.0625. The molecule has 3 aromatic rings. The molecule has 3 rings (SSSR count). The Morgan fingerprint density at radius 3 is 2.58 bits per heavy atom. The van der Waals surface area contributed by atoms with Crippen LogP contribution in [0.5, 0.6) is 11.5 Å². The zero-order valence-electron chi connectivity index (χ0n) is 12.2. The minimum Gasteiger partial charge on any atom is -0.456 e. The van der Waals surface area contributed by atoms with E-state index in [1.165, 1.54) is 23.4 Å². The molecule has 0 radical (unpaired) electrons. The molecule has 0 amide bonds. The number of nitrogens with zero attached hydrogens (tertiary/aromatic N) is 3. The van der Waals surface area contributed by atoms with Gasteiger partial charge < -0.3 is 9.47 Å². The van der Waals surface area contributed by atoms with Crippen LogP contribution in [0.4, 0.5) is 0 Å². The molecule has 0 saturated heterocycles. The van der Waals surface area contributed by atoms with Crippen LogP contribution in [0.1, 0.15) is 6.23 Å². The van der Waals surface area contributed by atoms with E-state index in [0.29, 0.717) is 10.8 Å². The molecule has 2 aromatic carbocycles. The third-order valence-electron chi connectivity index (χ3n) is 2.97. The van der Waals surface area contributed by atoms with Crippen LogP contribution < -0.4 is 9.47 Å². The topological polar surface area (TPSA) is 66.2 Å². The molecule has 1 unspecified atom stereocenters. The van der Waals surface area contributed by atoms with E-state index >= 15 is 0 Å². The summed E-state index contributed by atoms with van der Waals surface area (Å²) in [4.78, 5) is 16.3. The van der Waals surface area contributed by atoms with Crippen molar-refractivity contribution in [1.82, 2.24) is 14.8 Å². The van der Waals surface area contributed by atoms with Gasteiger partial charge in [0, 0.05) is 5.02 Å². The van der Waals surface area contributed by atoms with Crippen molar-refractivity contribution in [3.63, 3.8) is 0 Å². The van der Waals surface area contributed by atoms with Gasteiger partial charge in [0.1, 0.15) is 24.2 Å². The average molecular weight is 364 g/mol. The van der Waals surface area contributed by atoms with Gasteiger partial charge in [0.05, 0.1) is 5.02 Å². The Hall–Kier alpha value is -2.57. The number of aromatic nitrogens is 3. The number of carbonyl (C=O) groups excluding carboxylic acids is 1. The van der Waals surface area contributed by atoms with Crippen molar-refractivity contribution >= 4 is 29.2 Å². The Morgan fingerprint density at radius 1 is 1.12 bits per heavy atom. The van der Waals surface area contributed by atoms with Gasteiger partial charge in [0.25, 0.3) is 6.23 Å². The van der Waals surface area contributed by atoms with Gasteiger partial charge in [-0.2, -0.15) is 5.10 Å². The Bertz CT molecular complexity index is 826. The molecular weight excluding hydrogens is 353 g/mol. The molecule has 0 N–H and O–H groups in total. The largest absolute Gasteiger partial charge is 0.456 e. The monoisotopic (exact) mass is 363 g/mol. The first-order chi connectivity index (χ1) is 11.6. The van der Waals surface area contributed by atoms with Gasteiger partial charge in [0.2, 0.25) is 0 Å². The Morgan fingerprint density at radius 2 is 1.92 bits per heavy atom. The number of carbonyl (C=O) groups is 1. The van der Waals surface area contributed by atoms with Gasteiger partial charge in [-0.05, 0) is 30.3 Å². The molecule has 24 heavy (non-hydrogen) atoms. The smallest absolute Gasteiger partial charge is 0.376 e. The summed E-state index contributed by atoms with van der Waals surface area (Å²) in [6.07, 6.45) is 1.45. The van der Waals surface area contributed by atoms with Crippen molar-refractivity contribution in [3.8, 4) is 11.5 Å². The first-order valence-electron chi connectivity index (χ1n) is 6.86. The second-order valence-electron chi connectivity index (χ2n) is 4.65. The first-order valence-corrected chi connectivity index (χ1v) is 7.61. The van der Waals surface area contributed by atoms with Crippen LogP contribution >= 0.6 is 23.2 Å². The molecule has 1 atom stereocenters. The maximum Gasteiger partial charge on any atom is 0.376 e. The highest BCUT2D eigenvalue weighted by Crippen LogP contribution is 2.30. The van der Waals surface area contributed by atoms with Crippen LogP contribution in [0.2, 0.25) is 10.0 Å². The lowest BCUT2D eigenvalue weighted by atomic mass is 10.3. The zero-order valence-corrected chi connectivity index (χ0v) is 13.7. The van der Waals surface area contributed by atoms with Crippen molar-refractivity contribution in [1.29, 1.82) is 0 Å². The molecule has 0 aliphatic rings. The molecule has 0 fully saturated rings. The summed E-state index contributed by atoms with van der Waals surface area (Å²) in [7, 11) is 0. The molecular formula is C16H11Cl2N3O3. The highest BCUT2D eigenvalue weighted by atomic mass is 35.5. The lowest BCUT2D eigenvalue weighted by Gasteiger charge is -2.18. The third-order valence-corrected chi connectivity index (χ3v) is 3.50. The van der Waals surface area contributed by atoms with E-state index in [4.69, 9.17) is 32.7 Å². The molecule has 0 bridgehead atoms. The second-order valence-corrected chi connectivity index (χ2v) is 5.50. The van der Waals surface area contributed by atoms with Crippen molar-refractivity contribution in [3.05, 3.63) is 71.2 Å². The van der Waals surface area contributed by atoms with E-state index in [1.807, 2.05) is 6.07 Å². The van der Waals surface area contributed by atoms with Gasteiger partial charge in [-0.3, -0.25) is 0 Å². The Balaban J connectivity index is 1.85. The fourth-order valence-corrected chi connectivity index (χ4v) is 2.35. The average Bonchev–Trinajstić information content (AvgIpc) is 3.09. The number of esters is 1. The number of rotatable bonds is 5. The van der Waals surface area contributed by atoms with Gasteiger partial charge in [-0.25, -0.2) is 14.5 Å². The maximum absolute atomic E-state index is 12.5. The summed E-state index contributed by atoms with van der Waals surface area (Å²) in [6, 6.07) is 13.3. The molecule has 8 heteroatoms. The lowest BCUT2D eigenvalue weighted by Crippen LogP contribution is -2.29. The van der Waals surface area contributed by atoms with E-state index < -0.39 is 12.2 Å². The van der Waals surface area contributed by atoms with E-state index in [-0.39, 0.29) is 10.8 Å². The SMILES string of the molecule is O=C(Oc1ccccc1)C(Oc1ccc(Cl)cc1Cl)n1cncn1. The highest BCUT2D eigenvalue weighted by Gasteiger charge is 2.26. The van der Waals surface area contributed by atoms with Crippen molar-refractivity contribution in [2.24, 2.45) is 0 Å². The number of halogens is 2. The zero-order chi connectivity index (χ0) is 16.9. The van der Waals surface area contributed by atoms with E-state index in [2.05, 4.69) is 10.1 Å². The van der Waals surface area contributed by atoms with Crippen LogP contribution in [0.25, 0.3) is 0 Å². The maximum atomic E-state index is 12.5. The summed E-state index contributed by atoms with van der Waals surface area (Å²) in [5, 5.41) is 4.65. The molecule has 6 nitrogen and oxygen atoms in total. The van der Waals surface area contributed by atoms with Gasteiger partial charge in [-0.1, -0.05) is 41.4 Å². The number of hydrogen-bond acceptors (Lipinski definition) is 5. The molecule has 122 valence electrons. The summed E-state index contributed by atoms with van der Waals surface area (Å²) in [6.45, 7) is 0. The van der Waals surface area contributed by atoms with Crippen LogP contribution in [0.3, 0.4) is 0 Å². The minimum absolute atomic E-state index is 0.264. The molecule has 1 aromatic heterocycles. The van der Waals surface area contributed by atoms with Crippen LogP contribution in [0, 0.1) is 0 Å². The van der Waals surface area contributed by atoms with Crippen molar-refractivity contribution < 1.29 is 14.3 Å². The number of ether oxygens (including phenoxy) is 2. The predicted octanol–water partition coefficient (Wildman–Crippen LogP) is 3.77. The highest BCUT2D eigenvalue weighted by molar-refractivity contribution is 6.35. The second kappa shape index (κ2) is 7.33. The standard InChI is InChI=1S/C16H11Cl2N3O3/c17-11-6-7-14(13(18)8-11)24-15(21-10-19-9-20-21)16(22)23-12-4-2-1-3-5-12/h1-10,15H. The summed E-state index contributed by atoms with van der Waals surface area (Å²) in [5.41, 5.74) is 0. The molecule has 0 aliphatic carbocycles. The fourth-order valence-electron chi connectivity index (χ4n) is 1.89. The summed E-state index contributed by atoms with van der Waals surface area (Å²) < 4.78 is 12.2. The minimum atomic E-state index is -1.19. The van der Waals surface area contributed by atoms with Crippen molar-refractivity contribution in [2.75, 3.05) is 0 Å². The molecule has 1 heterocycles. The predicted molar refractivity (Wildman–Crippen MR) is 88.2 cm³/mol. The van der Waals surface area contributed by atoms with Gasteiger partial charge >= 0.3 is 5.97 Å². The van der Waals surface area contributed by atoms with Gasteiger partial charge in [-0.15, -0.1) is 0 Å². The van der Waals surface area contributed by atoms with Crippen LogP contribution in [-0.4, -0.2) is 20.7 Å². The number of para-hydroxylation sites is 1. The van der Waals surface area contributed by atoms with Crippen LogP contribution in [0.15, 0.2) is 61.2 Å². The lowest BCUT2D eigenvalue weighted by molar-refractivity contribution is -0.147. The number of hydrogen-bond donors (Lipinski definition) is 0. The quantitative estimate of drug-likeness (QED) is 0.509. The summed E-state index contributed by atoms with van der Waals surface area (Å²) >= 11 is 12.0. The van der Waals surface area contributed by atoms with Gasteiger partial charge in [0.15, 0.2) is 0 Å². The van der Waals surface area contributed by atoms with Crippen LogP contribution in [-0.2, 0) is 4.79 Å². The van der Waals surface area contributed by atoms with Crippen molar-refractivity contribution in [2.45, 2.75) is 6.23 Å². The van der Waals surface area contributed by atoms with E-state index in [9.17, 15) is 4.79 Å². The molecule has 0 saturated carbocycles. The third kappa shape index (κ3) is 3.84. The Kier molecular flexibility index (Phi) is 4.98. The van der Waals surface area contributed by atoms with E-state index in [1.54, 1.807) is 36.4 Å². The van der Waals surface area contributed by atoms with E-state index in [0.717, 1.165) is 0 Å². The molecule has 0 spiro atoms.